The van der Waals surface area contributed by atoms with Crippen LogP contribution in [0.3, 0.4) is 0 Å². The number of carboxylic acids is 1. The smallest absolute Gasteiger partial charge is 0.338 e. The lowest BCUT2D eigenvalue weighted by Crippen LogP contribution is -2.02. The molecule has 0 spiro atoms. The molecule has 0 unspecified atom stereocenters. The molecule has 0 aromatic carbocycles. The first-order valence-electron chi connectivity index (χ1n) is 5.52. The summed E-state index contributed by atoms with van der Waals surface area (Å²) in [5, 5.41) is 9.18. The number of carboxylic acid groups (broad SMARTS) is 1. The molecule has 92 valence electrons. The number of aldehydes is 1. The molecule has 0 saturated carbocycles. The second-order valence-electron chi connectivity index (χ2n) is 3.78. The van der Waals surface area contributed by atoms with Crippen LogP contribution in [-0.2, 0) is 6.42 Å². The number of carbonyl (C=O) groups is 2. The minimum Gasteiger partial charge on any atom is -0.478 e. The van der Waals surface area contributed by atoms with Crippen LogP contribution in [0.2, 0.25) is 0 Å². The van der Waals surface area contributed by atoms with Crippen molar-refractivity contribution in [3.63, 3.8) is 0 Å². The van der Waals surface area contributed by atoms with Gasteiger partial charge in [0.05, 0.1) is 17.0 Å². The molecule has 2 aromatic rings. The Bertz CT molecular complexity index is 588. The van der Waals surface area contributed by atoms with E-state index in [2.05, 4.69) is 9.97 Å². The van der Waals surface area contributed by atoms with Crippen LogP contribution in [0.5, 0.6) is 0 Å². The van der Waals surface area contributed by atoms with Gasteiger partial charge < -0.3 is 10.1 Å². The van der Waals surface area contributed by atoms with Gasteiger partial charge in [-0.3, -0.25) is 9.78 Å². The Morgan fingerprint density at radius 3 is 2.61 bits per heavy atom. The van der Waals surface area contributed by atoms with Crippen molar-refractivity contribution >= 4 is 12.3 Å². The van der Waals surface area contributed by atoms with Gasteiger partial charge in [0.1, 0.15) is 0 Å². The third kappa shape index (κ3) is 1.90. The van der Waals surface area contributed by atoms with E-state index in [1.807, 2.05) is 6.92 Å². The molecule has 0 bridgehead atoms. The van der Waals surface area contributed by atoms with Crippen molar-refractivity contribution in [1.29, 1.82) is 0 Å². The third-order valence-electron chi connectivity index (χ3n) is 2.79. The zero-order valence-corrected chi connectivity index (χ0v) is 9.80. The lowest BCUT2D eigenvalue weighted by Gasteiger charge is -2.02. The highest BCUT2D eigenvalue weighted by Crippen LogP contribution is 2.27. The summed E-state index contributed by atoms with van der Waals surface area (Å²) in [7, 11) is 0. The summed E-state index contributed by atoms with van der Waals surface area (Å²) in [5.74, 6) is -1.09. The topological polar surface area (TPSA) is 83.0 Å². The highest BCUT2D eigenvalue weighted by Gasteiger charge is 2.21. The van der Waals surface area contributed by atoms with E-state index in [4.69, 9.17) is 0 Å². The SMILES string of the molecule is CCc1c(-c2ccncc2)[nH]c(C=O)c1C(=O)O. The summed E-state index contributed by atoms with van der Waals surface area (Å²) in [6.07, 6.45) is 4.31. The molecule has 0 fully saturated rings. The van der Waals surface area contributed by atoms with Crippen molar-refractivity contribution in [1.82, 2.24) is 9.97 Å². The summed E-state index contributed by atoms with van der Waals surface area (Å²) in [5.41, 5.74) is 2.28. The maximum absolute atomic E-state index is 11.2. The molecule has 5 heteroatoms. The number of nitrogens with one attached hydrogen (secondary N) is 1. The standard InChI is InChI=1S/C13H12N2O3/c1-2-9-11(13(17)18)10(7-16)15-12(9)8-3-5-14-6-4-8/h3-7,15H,2H2,1H3,(H,17,18). The lowest BCUT2D eigenvalue weighted by molar-refractivity contribution is 0.0693. The average Bonchev–Trinajstić information content (AvgIpc) is 2.78. The molecule has 0 aliphatic carbocycles. The quantitative estimate of drug-likeness (QED) is 0.807. The largest absolute Gasteiger partial charge is 0.478 e. The lowest BCUT2D eigenvalue weighted by atomic mass is 10.0. The molecule has 2 rings (SSSR count). The molecule has 0 saturated heterocycles. The van der Waals surface area contributed by atoms with E-state index in [9.17, 15) is 14.7 Å². The summed E-state index contributed by atoms with van der Waals surface area (Å²) in [4.78, 5) is 28.9. The minimum absolute atomic E-state index is 0.0549. The van der Waals surface area contributed by atoms with Crippen LogP contribution >= 0.6 is 0 Å². The molecule has 0 amide bonds. The molecule has 2 aromatic heterocycles. The third-order valence-corrected chi connectivity index (χ3v) is 2.79. The van der Waals surface area contributed by atoms with Crippen molar-refractivity contribution in [2.75, 3.05) is 0 Å². The molecular formula is C13H12N2O3. The van der Waals surface area contributed by atoms with E-state index in [1.165, 1.54) is 0 Å². The van der Waals surface area contributed by atoms with Crippen LogP contribution in [0.1, 0.15) is 33.3 Å². The van der Waals surface area contributed by atoms with E-state index in [1.54, 1.807) is 24.5 Å². The van der Waals surface area contributed by atoms with Crippen molar-refractivity contribution in [2.24, 2.45) is 0 Å². The maximum Gasteiger partial charge on any atom is 0.338 e. The van der Waals surface area contributed by atoms with Crippen LogP contribution < -0.4 is 0 Å². The highest BCUT2D eigenvalue weighted by atomic mass is 16.4. The molecule has 0 aliphatic rings. The van der Waals surface area contributed by atoms with Gasteiger partial charge in [-0.15, -0.1) is 0 Å². The van der Waals surface area contributed by atoms with E-state index in [-0.39, 0.29) is 11.3 Å². The number of aromatic carboxylic acids is 1. The fraction of sp³-hybridized carbons (Fsp3) is 0.154. The Morgan fingerprint density at radius 2 is 2.11 bits per heavy atom. The summed E-state index contributed by atoms with van der Waals surface area (Å²) < 4.78 is 0. The van der Waals surface area contributed by atoms with E-state index in [0.717, 1.165) is 5.56 Å². The first-order chi connectivity index (χ1) is 8.69. The number of rotatable bonds is 4. The Kier molecular flexibility index (Phi) is 3.23. The first-order valence-corrected chi connectivity index (χ1v) is 5.52. The maximum atomic E-state index is 11.2. The van der Waals surface area contributed by atoms with Gasteiger partial charge in [-0.2, -0.15) is 0 Å². The number of H-pyrrole nitrogens is 1. The minimum atomic E-state index is -1.09. The van der Waals surface area contributed by atoms with Crippen molar-refractivity contribution in [2.45, 2.75) is 13.3 Å². The van der Waals surface area contributed by atoms with Crippen molar-refractivity contribution in [3.8, 4) is 11.3 Å². The van der Waals surface area contributed by atoms with Gasteiger partial charge in [0, 0.05) is 18.0 Å². The summed E-state index contributed by atoms with van der Waals surface area (Å²) in [6, 6.07) is 3.54. The number of aromatic nitrogens is 2. The monoisotopic (exact) mass is 244 g/mol. The molecular weight excluding hydrogens is 232 g/mol. The second-order valence-corrected chi connectivity index (χ2v) is 3.78. The van der Waals surface area contributed by atoms with Gasteiger partial charge in [-0.05, 0) is 24.1 Å². The molecule has 5 nitrogen and oxygen atoms in total. The Hall–Kier alpha value is -2.43. The van der Waals surface area contributed by atoms with Crippen LogP contribution in [0.25, 0.3) is 11.3 Å². The molecule has 0 aliphatic heterocycles. The fourth-order valence-corrected chi connectivity index (χ4v) is 2.01. The van der Waals surface area contributed by atoms with Gasteiger partial charge in [-0.25, -0.2) is 4.79 Å². The normalized spacial score (nSPS) is 10.3. The second kappa shape index (κ2) is 4.83. The highest BCUT2D eigenvalue weighted by molar-refractivity contribution is 6.00. The number of carbonyl (C=O) groups excluding carboxylic acids is 1. The predicted molar refractivity (Wildman–Crippen MR) is 65.7 cm³/mol. The van der Waals surface area contributed by atoms with Crippen LogP contribution in [-0.4, -0.2) is 27.3 Å². The average molecular weight is 244 g/mol. The van der Waals surface area contributed by atoms with Crippen molar-refractivity contribution < 1.29 is 14.7 Å². The zero-order chi connectivity index (χ0) is 13.1. The number of nitrogens with zero attached hydrogens (tertiary/aromatic N) is 1. The van der Waals surface area contributed by atoms with Gasteiger partial charge in [-0.1, -0.05) is 6.92 Å². The predicted octanol–water partition coefficient (Wildman–Crippen LogP) is 2.15. The van der Waals surface area contributed by atoms with E-state index >= 15 is 0 Å². The molecule has 0 atom stereocenters. The number of aromatic amines is 1. The Morgan fingerprint density at radius 1 is 1.44 bits per heavy atom. The number of pyridine rings is 1. The van der Waals surface area contributed by atoms with Crippen LogP contribution in [0.4, 0.5) is 0 Å². The van der Waals surface area contributed by atoms with Gasteiger partial charge in [0.25, 0.3) is 0 Å². The molecule has 2 N–H and O–H groups in total. The Labute approximate surface area is 103 Å². The number of hydrogen-bond donors (Lipinski definition) is 2. The fourth-order valence-electron chi connectivity index (χ4n) is 2.01. The van der Waals surface area contributed by atoms with Gasteiger partial charge in [0.2, 0.25) is 0 Å². The van der Waals surface area contributed by atoms with Crippen LogP contribution in [0.15, 0.2) is 24.5 Å². The number of hydrogen-bond acceptors (Lipinski definition) is 3. The van der Waals surface area contributed by atoms with E-state index < -0.39 is 5.97 Å². The summed E-state index contributed by atoms with van der Waals surface area (Å²) in [6.45, 7) is 1.86. The van der Waals surface area contributed by atoms with Crippen LogP contribution in [0, 0.1) is 0 Å². The molecule has 0 radical (unpaired) electrons. The zero-order valence-electron chi connectivity index (χ0n) is 9.80. The summed E-state index contributed by atoms with van der Waals surface area (Å²) >= 11 is 0. The van der Waals surface area contributed by atoms with Gasteiger partial charge >= 0.3 is 5.97 Å². The molecule has 18 heavy (non-hydrogen) atoms. The van der Waals surface area contributed by atoms with Crippen molar-refractivity contribution in [3.05, 3.63) is 41.3 Å². The first kappa shape index (κ1) is 12.0. The van der Waals surface area contributed by atoms with E-state index in [0.29, 0.717) is 24.0 Å². The van der Waals surface area contributed by atoms with Gasteiger partial charge in [0.15, 0.2) is 6.29 Å². The Balaban J connectivity index is 2.69. The molecule has 2 heterocycles.